The molecule has 1 heterocycles. The topological polar surface area (TPSA) is 91.8 Å². The smallest absolute Gasteiger partial charge is 0.416 e. The quantitative estimate of drug-likeness (QED) is 0.838. The number of carbonyl (C=O) groups is 2. The summed E-state index contributed by atoms with van der Waals surface area (Å²) in [6, 6.07) is 4.02. The molecule has 1 fully saturated rings. The van der Waals surface area contributed by atoms with E-state index in [0.717, 1.165) is 29.2 Å². The summed E-state index contributed by atoms with van der Waals surface area (Å²) in [4.78, 5) is 24.3. The summed E-state index contributed by atoms with van der Waals surface area (Å²) >= 11 is 0. The van der Waals surface area contributed by atoms with Gasteiger partial charge in [-0.15, -0.1) is 0 Å². The largest absolute Gasteiger partial charge is 0.480 e. The molecular weight excluding hydrogens is 363 g/mol. The number of sulfone groups is 1. The number of carbonyl (C=O) groups excluding carboxylic acids is 1. The minimum Gasteiger partial charge on any atom is -0.480 e. The Hall–Kier alpha value is -2.10. The molecule has 6 nitrogen and oxygen atoms in total. The molecule has 138 valence electrons. The van der Waals surface area contributed by atoms with Gasteiger partial charge in [0.15, 0.2) is 9.84 Å². The van der Waals surface area contributed by atoms with Crippen LogP contribution in [0.15, 0.2) is 24.3 Å². The van der Waals surface area contributed by atoms with Gasteiger partial charge in [0.2, 0.25) is 5.91 Å². The van der Waals surface area contributed by atoms with Crippen LogP contribution in [0, 0.1) is 5.92 Å². The van der Waals surface area contributed by atoms with Crippen LogP contribution in [0.3, 0.4) is 0 Å². The monoisotopic (exact) mass is 379 g/mol. The first-order valence-electron chi connectivity index (χ1n) is 7.35. The Labute approximate surface area is 142 Å². The number of rotatable bonds is 5. The Morgan fingerprint density at radius 3 is 2.24 bits per heavy atom. The van der Waals surface area contributed by atoms with Crippen molar-refractivity contribution in [1.82, 2.24) is 4.90 Å². The lowest BCUT2D eigenvalue weighted by atomic mass is 10.1. The molecular formula is C15H16F3NO5S. The predicted molar refractivity (Wildman–Crippen MR) is 81.3 cm³/mol. The van der Waals surface area contributed by atoms with Crippen LogP contribution in [0.5, 0.6) is 0 Å². The molecule has 25 heavy (non-hydrogen) atoms. The van der Waals surface area contributed by atoms with Crippen molar-refractivity contribution >= 4 is 21.7 Å². The van der Waals surface area contributed by atoms with E-state index in [4.69, 9.17) is 5.11 Å². The summed E-state index contributed by atoms with van der Waals surface area (Å²) in [6.45, 7) is -0.865. The van der Waals surface area contributed by atoms with E-state index in [0.29, 0.717) is 5.56 Å². The van der Waals surface area contributed by atoms with Crippen molar-refractivity contribution in [3.8, 4) is 0 Å². The first kappa shape index (κ1) is 19.2. The maximum Gasteiger partial charge on any atom is 0.416 e. The van der Waals surface area contributed by atoms with Crippen molar-refractivity contribution < 1.29 is 36.3 Å². The van der Waals surface area contributed by atoms with Gasteiger partial charge >= 0.3 is 12.1 Å². The van der Waals surface area contributed by atoms with Gasteiger partial charge in [-0.3, -0.25) is 9.59 Å². The molecule has 0 aliphatic carbocycles. The summed E-state index contributed by atoms with van der Waals surface area (Å²) in [5, 5.41) is 8.95. The molecule has 10 heteroatoms. The van der Waals surface area contributed by atoms with E-state index in [2.05, 4.69) is 0 Å². The van der Waals surface area contributed by atoms with E-state index >= 15 is 0 Å². The highest BCUT2D eigenvalue weighted by Crippen LogP contribution is 2.29. The third-order valence-corrected chi connectivity index (χ3v) is 5.64. The molecule has 1 atom stereocenters. The van der Waals surface area contributed by atoms with Crippen LogP contribution in [0.1, 0.15) is 17.5 Å². The zero-order valence-electron chi connectivity index (χ0n) is 13.0. The second kappa shape index (κ2) is 7.03. The van der Waals surface area contributed by atoms with Crippen molar-refractivity contribution in [2.75, 3.05) is 18.1 Å². The predicted octanol–water partition coefficient (Wildman–Crippen LogP) is 1.55. The first-order chi connectivity index (χ1) is 11.5. The second-order valence-corrected chi connectivity index (χ2v) is 8.11. The lowest BCUT2D eigenvalue weighted by molar-refractivity contribution is -0.146. The minimum atomic E-state index is -4.49. The normalized spacial score (nSPS) is 19.6. The third kappa shape index (κ3) is 5.18. The summed E-state index contributed by atoms with van der Waals surface area (Å²) < 4.78 is 60.7. The highest BCUT2D eigenvalue weighted by molar-refractivity contribution is 7.91. The molecule has 1 aliphatic heterocycles. The van der Waals surface area contributed by atoms with Gasteiger partial charge in [0.05, 0.1) is 23.0 Å². The number of carboxylic acid groups (broad SMARTS) is 1. The number of hydrogen-bond donors (Lipinski definition) is 1. The fourth-order valence-electron chi connectivity index (χ4n) is 2.64. The molecule has 1 aromatic rings. The van der Waals surface area contributed by atoms with E-state index in [1.807, 2.05) is 0 Å². The number of halogens is 3. The van der Waals surface area contributed by atoms with E-state index < -0.39 is 45.9 Å². The van der Waals surface area contributed by atoms with E-state index in [9.17, 15) is 31.2 Å². The van der Waals surface area contributed by atoms with Crippen molar-refractivity contribution in [3.63, 3.8) is 0 Å². The van der Waals surface area contributed by atoms with Gasteiger partial charge in [-0.1, -0.05) is 12.1 Å². The van der Waals surface area contributed by atoms with Gasteiger partial charge in [-0.25, -0.2) is 8.42 Å². The zero-order chi connectivity index (χ0) is 18.8. The lowest BCUT2D eigenvalue weighted by Gasteiger charge is -2.23. The molecule has 1 aromatic carbocycles. The Kier molecular flexibility index (Phi) is 5.40. The highest BCUT2D eigenvalue weighted by Gasteiger charge is 2.36. The standard InChI is InChI=1S/C15H16F3NO5S/c16-15(17,18)12-3-1-10(2-4-12)7-19(8-13(20)21)14(22)11-5-6-25(23,24)9-11/h1-4,11H,5-9H2,(H,20,21)/t11-/m0/s1. The SMILES string of the molecule is O=C(O)CN(Cc1ccc(C(F)(F)F)cc1)C(=O)[C@H]1CCS(=O)(=O)C1. The molecule has 1 saturated heterocycles. The lowest BCUT2D eigenvalue weighted by Crippen LogP contribution is -2.39. The first-order valence-corrected chi connectivity index (χ1v) is 9.17. The molecule has 0 saturated carbocycles. The maximum absolute atomic E-state index is 12.6. The third-order valence-electron chi connectivity index (χ3n) is 3.87. The van der Waals surface area contributed by atoms with E-state index in [-0.39, 0.29) is 24.5 Å². The summed E-state index contributed by atoms with van der Waals surface area (Å²) in [5.74, 6) is -3.21. The van der Waals surface area contributed by atoms with Gasteiger partial charge in [0, 0.05) is 6.54 Å². The van der Waals surface area contributed by atoms with Gasteiger partial charge in [-0.05, 0) is 24.1 Å². The van der Waals surface area contributed by atoms with E-state index in [1.54, 1.807) is 0 Å². The van der Waals surface area contributed by atoms with Crippen LogP contribution < -0.4 is 0 Å². The van der Waals surface area contributed by atoms with Crippen molar-refractivity contribution in [2.45, 2.75) is 19.1 Å². The molecule has 0 spiro atoms. The highest BCUT2D eigenvalue weighted by atomic mass is 32.2. The van der Waals surface area contributed by atoms with Gasteiger partial charge < -0.3 is 10.0 Å². The number of amides is 1. The fourth-order valence-corrected chi connectivity index (χ4v) is 4.38. The second-order valence-electron chi connectivity index (χ2n) is 5.88. The maximum atomic E-state index is 12.6. The van der Waals surface area contributed by atoms with Crippen LogP contribution in [0.25, 0.3) is 0 Å². The van der Waals surface area contributed by atoms with Crippen LogP contribution in [0.2, 0.25) is 0 Å². The Morgan fingerprint density at radius 1 is 1.20 bits per heavy atom. The van der Waals surface area contributed by atoms with Gasteiger partial charge in [0.1, 0.15) is 6.54 Å². The van der Waals surface area contributed by atoms with Crippen LogP contribution in [-0.4, -0.2) is 48.4 Å². The minimum absolute atomic E-state index is 0.115. The number of alkyl halides is 3. The molecule has 0 unspecified atom stereocenters. The molecule has 1 N–H and O–H groups in total. The van der Waals surface area contributed by atoms with Crippen molar-refractivity contribution in [3.05, 3.63) is 35.4 Å². The van der Waals surface area contributed by atoms with Crippen LogP contribution in [-0.2, 0) is 32.1 Å². The number of carboxylic acids is 1. The Bertz CT molecular complexity index is 758. The fraction of sp³-hybridized carbons (Fsp3) is 0.467. The molecule has 1 amide bonds. The van der Waals surface area contributed by atoms with Crippen molar-refractivity contribution in [2.24, 2.45) is 5.92 Å². The number of hydrogen-bond acceptors (Lipinski definition) is 4. The average molecular weight is 379 g/mol. The van der Waals surface area contributed by atoms with Gasteiger partial charge in [0.25, 0.3) is 0 Å². The van der Waals surface area contributed by atoms with Crippen molar-refractivity contribution in [1.29, 1.82) is 0 Å². The molecule has 1 aliphatic rings. The Morgan fingerprint density at radius 2 is 1.80 bits per heavy atom. The molecule has 0 aromatic heterocycles. The summed E-state index contributed by atoms with van der Waals surface area (Å²) in [5.41, 5.74) is -0.530. The molecule has 0 radical (unpaired) electrons. The number of nitrogens with zero attached hydrogens (tertiary/aromatic N) is 1. The van der Waals surface area contributed by atoms with Gasteiger partial charge in [-0.2, -0.15) is 13.2 Å². The zero-order valence-corrected chi connectivity index (χ0v) is 13.8. The average Bonchev–Trinajstić information content (AvgIpc) is 2.85. The summed E-state index contributed by atoms with van der Waals surface area (Å²) in [6.07, 6.45) is -4.38. The summed E-state index contributed by atoms with van der Waals surface area (Å²) in [7, 11) is -3.32. The van der Waals surface area contributed by atoms with E-state index in [1.165, 1.54) is 0 Å². The molecule has 2 rings (SSSR count). The number of benzene rings is 1. The number of aliphatic carboxylic acids is 1. The van der Waals surface area contributed by atoms with Crippen LogP contribution in [0.4, 0.5) is 13.2 Å². The molecule has 0 bridgehead atoms. The van der Waals surface area contributed by atoms with Crippen LogP contribution >= 0.6 is 0 Å². The Balaban J connectivity index is 2.15.